The minimum atomic E-state index is 0. The molecule has 2 atom stereocenters. The van der Waals surface area contributed by atoms with E-state index in [0.29, 0.717) is 12.5 Å². The molecule has 1 aliphatic carbocycles. The minimum Gasteiger partial charge on any atom is -0.396 e. The summed E-state index contributed by atoms with van der Waals surface area (Å²) in [6.07, 6.45) is 4.96. The van der Waals surface area contributed by atoms with Gasteiger partial charge in [0.05, 0.1) is 0 Å². The summed E-state index contributed by atoms with van der Waals surface area (Å²) in [6, 6.07) is 0. The van der Waals surface area contributed by atoms with Crippen molar-refractivity contribution < 1.29 is 5.11 Å². The second-order valence-corrected chi connectivity index (χ2v) is 3.79. The van der Waals surface area contributed by atoms with E-state index in [1.807, 2.05) is 7.05 Å². The Bertz CT molecular complexity index is 132. The van der Waals surface area contributed by atoms with Crippen molar-refractivity contribution in [1.29, 1.82) is 0 Å². The first-order valence-corrected chi connectivity index (χ1v) is 4.52. The van der Waals surface area contributed by atoms with Gasteiger partial charge in [-0.2, -0.15) is 0 Å². The van der Waals surface area contributed by atoms with Crippen LogP contribution in [0.25, 0.3) is 0 Å². The zero-order chi connectivity index (χ0) is 8.32. The molecule has 0 aromatic rings. The molecule has 74 valence electrons. The fourth-order valence-electron chi connectivity index (χ4n) is 2.03. The van der Waals surface area contributed by atoms with Gasteiger partial charge in [-0.15, -0.1) is 12.4 Å². The molecule has 2 nitrogen and oxygen atoms in total. The molecule has 1 fully saturated rings. The van der Waals surface area contributed by atoms with Gasteiger partial charge >= 0.3 is 0 Å². The number of aliphatic hydroxyl groups excluding tert-OH is 1. The van der Waals surface area contributed by atoms with Crippen LogP contribution in [0.2, 0.25) is 0 Å². The Morgan fingerprint density at radius 2 is 2.17 bits per heavy atom. The fraction of sp³-hybridized carbons (Fsp3) is 1.00. The van der Waals surface area contributed by atoms with Gasteiger partial charge in [0.2, 0.25) is 0 Å². The molecule has 0 aromatic carbocycles. The van der Waals surface area contributed by atoms with E-state index in [1.54, 1.807) is 0 Å². The summed E-state index contributed by atoms with van der Waals surface area (Å²) in [7, 11) is 1.99. The summed E-state index contributed by atoms with van der Waals surface area (Å²) in [5.74, 6) is 0.459. The molecule has 3 heteroatoms. The summed E-state index contributed by atoms with van der Waals surface area (Å²) in [5.41, 5.74) is 0.188. The largest absolute Gasteiger partial charge is 0.396 e. The average Bonchev–Trinajstić information content (AvgIpc) is 2.05. The predicted octanol–water partition coefficient (Wildman–Crippen LogP) is 1.57. The maximum atomic E-state index is 9.12. The van der Waals surface area contributed by atoms with E-state index in [4.69, 9.17) is 5.11 Å². The Balaban J connectivity index is 0.00000121. The third-order valence-electron chi connectivity index (χ3n) is 3.19. The second kappa shape index (κ2) is 5.05. The lowest BCUT2D eigenvalue weighted by Gasteiger charge is -2.40. The molecule has 2 N–H and O–H groups in total. The van der Waals surface area contributed by atoms with E-state index in [0.717, 1.165) is 0 Å². The molecule has 0 aromatic heterocycles. The van der Waals surface area contributed by atoms with Crippen LogP contribution in [0.5, 0.6) is 0 Å². The Morgan fingerprint density at radius 1 is 1.50 bits per heavy atom. The van der Waals surface area contributed by atoms with Crippen molar-refractivity contribution in [1.82, 2.24) is 5.32 Å². The third-order valence-corrected chi connectivity index (χ3v) is 3.19. The van der Waals surface area contributed by atoms with Crippen molar-refractivity contribution in [2.45, 2.75) is 38.1 Å². The van der Waals surface area contributed by atoms with E-state index < -0.39 is 0 Å². The zero-order valence-corrected chi connectivity index (χ0v) is 8.78. The maximum Gasteiger partial charge on any atom is 0.0476 e. The number of hydrogen-bond acceptors (Lipinski definition) is 2. The van der Waals surface area contributed by atoms with Crippen LogP contribution in [0.1, 0.15) is 32.6 Å². The quantitative estimate of drug-likeness (QED) is 0.698. The van der Waals surface area contributed by atoms with Crippen molar-refractivity contribution in [2.75, 3.05) is 13.7 Å². The molecule has 0 aliphatic heterocycles. The SMILES string of the molecule is CNC1(C)CCCCC1CO.Cl. The monoisotopic (exact) mass is 193 g/mol. The van der Waals surface area contributed by atoms with Crippen molar-refractivity contribution in [3.05, 3.63) is 0 Å². The van der Waals surface area contributed by atoms with Crippen LogP contribution in [0.3, 0.4) is 0 Å². The lowest BCUT2D eigenvalue weighted by atomic mass is 9.74. The van der Waals surface area contributed by atoms with Gasteiger partial charge in [0.1, 0.15) is 0 Å². The number of halogens is 1. The van der Waals surface area contributed by atoms with E-state index >= 15 is 0 Å². The predicted molar refractivity (Wildman–Crippen MR) is 53.8 cm³/mol. The molecule has 12 heavy (non-hydrogen) atoms. The standard InChI is InChI=1S/C9H19NO.ClH/c1-9(10-2)6-4-3-5-8(9)7-11;/h8,10-11H,3-7H2,1-2H3;1H. The van der Waals surface area contributed by atoms with Gasteiger partial charge in [0.15, 0.2) is 0 Å². The highest BCUT2D eigenvalue weighted by Crippen LogP contribution is 2.32. The molecule has 0 spiro atoms. The maximum absolute atomic E-state index is 9.12. The van der Waals surface area contributed by atoms with Crippen LogP contribution in [0.15, 0.2) is 0 Å². The van der Waals surface area contributed by atoms with Crippen LogP contribution < -0.4 is 5.32 Å². The fourth-order valence-corrected chi connectivity index (χ4v) is 2.03. The molecule has 0 bridgehead atoms. The van der Waals surface area contributed by atoms with Crippen LogP contribution in [-0.4, -0.2) is 24.3 Å². The average molecular weight is 194 g/mol. The molecule has 2 unspecified atom stereocenters. The Kier molecular flexibility index (Phi) is 5.14. The summed E-state index contributed by atoms with van der Waals surface area (Å²) >= 11 is 0. The highest BCUT2D eigenvalue weighted by molar-refractivity contribution is 5.85. The Hall–Kier alpha value is 0.210. The van der Waals surface area contributed by atoms with Crippen LogP contribution in [-0.2, 0) is 0 Å². The molecular weight excluding hydrogens is 174 g/mol. The van der Waals surface area contributed by atoms with Crippen LogP contribution >= 0.6 is 12.4 Å². The van der Waals surface area contributed by atoms with Gasteiger partial charge in [0.25, 0.3) is 0 Å². The topological polar surface area (TPSA) is 32.3 Å². The van der Waals surface area contributed by atoms with Crippen molar-refractivity contribution >= 4 is 12.4 Å². The van der Waals surface area contributed by atoms with E-state index in [1.165, 1.54) is 25.7 Å². The Morgan fingerprint density at radius 3 is 2.58 bits per heavy atom. The zero-order valence-electron chi connectivity index (χ0n) is 7.97. The summed E-state index contributed by atoms with van der Waals surface area (Å²) in [4.78, 5) is 0. The van der Waals surface area contributed by atoms with E-state index in [-0.39, 0.29) is 17.9 Å². The summed E-state index contributed by atoms with van der Waals surface area (Å²) in [6.45, 7) is 2.55. The number of rotatable bonds is 2. The third kappa shape index (κ3) is 2.35. The van der Waals surface area contributed by atoms with Crippen molar-refractivity contribution in [3.63, 3.8) is 0 Å². The van der Waals surface area contributed by atoms with Gasteiger partial charge < -0.3 is 10.4 Å². The van der Waals surface area contributed by atoms with Gasteiger partial charge in [-0.1, -0.05) is 12.8 Å². The lowest BCUT2D eigenvalue weighted by Crippen LogP contribution is -2.50. The van der Waals surface area contributed by atoms with Gasteiger partial charge in [0, 0.05) is 12.1 Å². The highest BCUT2D eigenvalue weighted by Gasteiger charge is 2.34. The molecule has 1 rings (SSSR count). The molecule has 1 saturated carbocycles. The summed E-state index contributed by atoms with van der Waals surface area (Å²) in [5, 5.41) is 12.4. The normalized spacial score (nSPS) is 35.8. The van der Waals surface area contributed by atoms with Crippen LogP contribution in [0.4, 0.5) is 0 Å². The first-order valence-electron chi connectivity index (χ1n) is 4.52. The molecule has 1 aliphatic rings. The van der Waals surface area contributed by atoms with Crippen molar-refractivity contribution in [3.8, 4) is 0 Å². The smallest absolute Gasteiger partial charge is 0.0476 e. The molecule has 0 saturated heterocycles. The second-order valence-electron chi connectivity index (χ2n) is 3.79. The van der Waals surface area contributed by atoms with Gasteiger partial charge in [-0.05, 0) is 32.7 Å². The highest BCUT2D eigenvalue weighted by atomic mass is 35.5. The molecule has 0 amide bonds. The van der Waals surface area contributed by atoms with Crippen molar-refractivity contribution in [2.24, 2.45) is 5.92 Å². The Labute approximate surface area is 81.2 Å². The number of nitrogens with one attached hydrogen (secondary N) is 1. The number of hydrogen-bond donors (Lipinski definition) is 2. The van der Waals surface area contributed by atoms with Gasteiger partial charge in [-0.25, -0.2) is 0 Å². The first kappa shape index (κ1) is 12.2. The number of aliphatic hydroxyl groups is 1. The van der Waals surface area contributed by atoms with E-state index in [2.05, 4.69) is 12.2 Å². The molecular formula is C9H20ClNO. The van der Waals surface area contributed by atoms with Crippen LogP contribution in [0, 0.1) is 5.92 Å². The first-order chi connectivity index (χ1) is 5.23. The van der Waals surface area contributed by atoms with E-state index in [9.17, 15) is 0 Å². The molecule has 0 heterocycles. The molecule has 0 radical (unpaired) electrons. The summed E-state index contributed by atoms with van der Waals surface area (Å²) < 4.78 is 0. The minimum absolute atomic E-state index is 0. The van der Waals surface area contributed by atoms with Gasteiger partial charge in [-0.3, -0.25) is 0 Å². The lowest BCUT2D eigenvalue weighted by molar-refractivity contribution is 0.0989.